The van der Waals surface area contributed by atoms with E-state index in [9.17, 15) is 9.90 Å². The molecule has 8 nitrogen and oxygen atoms in total. The van der Waals surface area contributed by atoms with Crippen LogP contribution in [0.3, 0.4) is 0 Å². The number of rotatable bonds is 9. The minimum Gasteiger partial charge on any atom is -0.464 e. The number of nitrogens with one attached hydrogen (secondary N) is 2. The summed E-state index contributed by atoms with van der Waals surface area (Å²) < 4.78 is 7.68. The van der Waals surface area contributed by atoms with E-state index >= 15 is 0 Å². The molecule has 37 heavy (non-hydrogen) atoms. The summed E-state index contributed by atoms with van der Waals surface area (Å²) in [6, 6.07) is 5.81. The van der Waals surface area contributed by atoms with Gasteiger partial charge in [-0.05, 0) is 88.3 Å². The quantitative estimate of drug-likeness (QED) is 0.318. The third-order valence-corrected chi connectivity index (χ3v) is 7.79. The predicted octanol–water partition coefficient (Wildman–Crippen LogP) is 6.23. The number of carbonyl (C=O) groups is 1. The van der Waals surface area contributed by atoms with E-state index in [0.29, 0.717) is 28.6 Å². The molecular weight excluding hydrogens is 466 g/mol. The maximum Gasteiger partial charge on any atom is 0.259 e. The van der Waals surface area contributed by atoms with E-state index in [1.165, 1.54) is 31.9 Å². The summed E-state index contributed by atoms with van der Waals surface area (Å²) in [7, 11) is 0. The molecule has 3 aromatic rings. The average molecular weight is 506 g/mol. The molecule has 0 radical (unpaired) electrons. The summed E-state index contributed by atoms with van der Waals surface area (Å²) in [6.07, 6.45) is 12.1. The smallest absolute Gasteiger partial charge is 0.259 e. The number of hydrogen-bond acceptors (Lipinski definition) is 6. The van der Waals surface area contributed by atoms with Crippen LogP contribution in [0.4, 0.5) is 11.5 Å². The number of anilines is 2. The zero-order chi connectivity index (χ0) is 26.2. The molecule has 0 saturated heterocycles. The van der Waals surface area contributed by atoms with Gasteiger partial charge in [-0.15, -0.1) is 0 Å². The number of furan rings is 1. The third-order valence-electron chi connectivity index (χ3n) is 7.79. The Morgan fingerprint density at radius 2 is 1.95 bits per heavy atom. The van der Waals surface area contributed by atoms with Crippen LogP contribution in [0.5, 0.6) is 0 Å². The van der Waals surface area contributed by atoms with E-state index in [4.69, 9.17) is 9.52 Å². The molecule has 0 bridgehead atoms. The maximum atomic E-state index is 13.2. The molecule has 198 valence electrons. The van der Waals surface area contributed by atoms with E-state index < -0.39 is 5.60 Å². The number of hydrogen-bond donors (Lipinski definition) is 3. The molecular formula is C29H39N5O3. The van der Waals surface area contributed by atoms with Crippen molar-refractivity contribution in [3.8, 4) is 11.3 Å². The third kappa shape index (κ3) is 6.06. The molecule has 2 saturated carbocycles. The Bertz CT molecular complexity index is 1230. The van der Waals surface area contributed by atoms with Crippen LogP contribution >= 0.6 is 0 Å². The normalized spacial score (nSPS) is 20.3. The Balaban J connectivity index is 1.29. The molecule has 0 aliphatic heterocycles. The molecule has 1 amide bonds. The summed E-state index contributed by atoms with van der Waals surface area (Å²) >= 11 is 0. The number of amides is 1. The number of aliphatic hydroxyl groups is 1. The molecule has 0 aromatic carbocycles. The lowest BCUT2D eigenvalue weighted by Crippen LogP contribution is -2.23. The second-order valence-electron chi connectivity index (χ2n) is 11.7. The molecule has 3 N–H and O–H groups in total. The number of nitrogens with zero attached hydrogens (tertiary/aromatic N) is 3. The number of aromatic nitrogens is 3. The first kappa shape index (κ1) is 25.5. The largest absolute Gasteiger partial charge is 0.464 e. The van der Waals surface area contributed by atoms with Crippen molar-refractivity contribution >= 4 is 17.4 Å². The highest BCUT2D eigenvalue weighted by Gasteiger charge is 2.30. The van der Waals surface area contributed by atoms with E-state index in [1.54, 1.807) is 26.1 Å². The zero-order valence-corrected chi connectivity index (χ0v) is 22.3. The number of carbonyl (C=O) groups excluding carboxylic acids is 1. The number of pyridine rings is 1. The Morgan fingerprint density at radius 3 is 2.62 bits per heavy atom. The summed E-state index contributed by atoms with van der Waals surface area (Å²) in [5.74, 6) is 3.29. The summed E-state index contributed by atoms with van der Waals surface area (Å²) in [5.41, 5.74) is 1.07. The fraction of sp³-hybridized carbons (Fsp3) is 0.552. The molecule has 3 heterocycles. The van der Waals surface area contributed by atoms with Crippen LogP contribution in [0.15, 0.2) is 41.3 Å². The van der Waals surface area contributed by atoms with Crippen molar-refractivity contribution in [3.05, 3.63) is 48.1 Å². The van der Waals surface area contributed by atoms with Gasteiger partial charge in [0.05, 0.1) is 17.3 Å². The molecule has 0 spiro atoms. The van der Waals surface area contributed by atoms with Crippen molar-refractivity contribution in [2.24, 2.45) is 17.8 Å². The molecule has 2 aliphatic rings. The van der Waals surface area contributed by atoms with Gasteiger partial charge in [0, 0.05) is 24.5 Å². The second kappa shape index (κ2) is 10.3. The monoisotopic (exact) mass is 505 g/mol. The summed E-state index contributed by atoms with van der Waals surface area (Å²) in [4.78, 5) is 17.6. The standard InChI is InChI=1S/C29H39N5O3/c1-18(2)20-7-9-23(10-8-20)34-16-24(27(33-34)29(3,4)36)32-28(35)22-13-25(37-17-22)21-11-12-30-26(14-21)31-15-19-5-6-19/h11-14,16-20,23,36H,5-10,15H2,1-4H3,(H,30,31)(H,32,35)/t20-,23+. The van der Waals surface area contributed by atoms with Crippen LogP contribution in [-0.4, -0.2) is 32.3 Å². The SMILES string of the molecule is CC(C)[C@H]1CC[C@@H](n2cc(NC(=O)c3coc(-c4ccnc(NCC5CC5)c4)c3)c(C(C)(C)O)n2)CC1. The van der Waals surface area contributed by atoms with Gasteiger partial charge < -0.3 is 20.2 Å². The molecule has 2 aliphatic carbocycles. The van der Waals surface area contributed by atoms with Crippen molar-refractivity contribution in [1.82, 2.24) is 14.8 Å². The lowest BCUT2D eigenvalue weighted by molar-refractivity contribution is 0.0729. The fourth-order valence-electron chi connectivity index (χ4n) is 5.21. The highest BCUT2D eigenvalue weighted by molar-refractivity contribution is 6.05. The first-order chi connectivity index (χ1) is 17.7. The van der Waals surface area contributed by atoms with Crippen molar-refractivity contribution in [1.29, 1.82) is 0 Å². The van der Waals surface area contributed by atoms with Crippen LogP contribution in [-0.2, 0) is 5.60 Å². The van der Waals surface area contributed by atoms with E-state index in [2.05, 4.69) is 29.5 Å². The Kier molecular flexibility index (Phi) is 7.12. The van der Waals surface area contributed by atoms with Gasteiger partial charge in [-0.1, -0.05) is 13.8 Å². The van der Waals surface area contributed by atoms with Gasteiger partial charge in [0.25, 0.3) is 5.91 Å². The van der Waals surface area contributed by atoms with Crippen molar-refractivity contribution in [3.63, 3.8) is 0 Å². The molecule has 8 heteroatoms. The highest BCUT2D eigenvalue weighted by atomic mass is 16.3. The van der Waals surface area contributed by atoms with E-state index in [-0.39, 0.29) is 11.9 Å². The van der Waals surface area contributed by atoms with Gasteiger partial charge >= 0.3 is 0 Å². The van der Waals surface area contributed by atoms with Gasteiger partial charge in [0.2, 0.25) is 0 Å². The van der Waals surface area contributed by atoms with Gasteiger partial charge in [0.1, 0.15) is 29.1 Å². The van der Waals surface area contributed by atoms with Crippen molar-refractivity contribution in [2.75, 3.05) is 17.2 Å². The molecule has 3 aromatic heterocycles. The average Bonchev–Trinajstić information content (AvgIpc) is 3.38. The van der Waals surface area contributed by atoms with Gasteiger partial charge in [0.15, 0.2) is 0 Å². The van der Waals surface area contributed by atoms with Crippen molar-refractivity contribution < 1.29 is 14.3 Å². The molecule has 5 rings (SSSR count). The van der Waals surface area contributed by atoms with Gasteiger partial charge in [-0.2, -0.15) is 5.10 Å². The lowest BCUT2D eigenvalue weighted by atomic mass is 9.80. The van der Waals surface area contributed by atoms with Crippen molar-refractivity contribution in [2.45, 2.75) is 77.9 Å². The lowest BCUT2D eigenvalue weighted by Gasteiger charge is -2.31. The first-order valence-corrected chi connectivity index (χ1v) is 13.6. The molecule has 0 unspecified atom stereocenters. The Hall–Kier alpha value is -3.13. The van der Waals surface area contributed by atoms with Gasteiger partial charge in [-0.25, -0.2) is 4.98 Å². The van der Waals surface area contributed by atoms with E-state index in [0.717, 1.165) is 42.6 Å². The molecule has 0 atom stereocenters. The summed E-state index contributed by atoms with van der Waals surface area (Å²) in [6.45, 7) is 8.90. The van der Waals surface area contributed by atoms with Crippen LogP contribution in [0, 0.1) is 17.8 Å². The fourth-order valence-corrected chi connectivity index (χ4v) is 5.21. The van der Waals surface area contributed by atoms with Crippen LogP contribution in [0.2, 0.25) is 0 Å². The van der Waals surface area contributed by atoms with E-state index in [1.807, 2.05) is 23.0 Å². The topological polar surface area (TPSA) is 105 Å². The zero-order valence-electron chi connectivity index (χ0n) is 22.3. The minimum atomic E-state index is -1.19. The minimum absolute atomic E-state index is 0.275. The van der Waals surface area contributed by atoms with Crippen LogP contribution in [0.1, 0.15) is 88.3 Å². The van der Waals surface area contributed by atoms with Crippen LogP contribution < -0.4 is 10.6 Å². The Morgan fingerprint density at radius 1 is 1.19 bits per heavy atom. The van der Waals surface area contributed by atoms with Gasteiger partial charge in [-0.3, -0.25) is 9.48 Å². The second-order valence-corrected chi connectivity index (χ2v) is 11.7. The highest BCUT2D eigenvalue weighted by Crippen LogP contribution is 2.37. The van der Waals surface area contributed by atoms with Crippen LogP contribution in [0.25, 0.3) is 11.3 Å². The maximum absolute atomic E-state index is 13.2. The molecule has 2 fully saturated rings. The Labute approximate surface area is 218 Å². The first-order valence-electron chi connectivity index (χ1n) is 13.6. The summed E-state index contributed by atoms with van der Waals surface area (Å²) in [5, 5.41) is 21.9. The predicted molar refractivity (Wildman–Crippen MR) is 144 cm³/mol.